The van der Waals surface area contributed by atoms with Crippen molar-refractivity contribution in [1.29, 1.82) is 0 Å². The Bertz CT molecular complexity index is 1500. The highest BCUT2D eigenvalue weighted by molar-refractivity contribution is 6.06. The Kier molecular flexibility index (Phi) is 15.1. The molecule has 0 aliphatic rings. The predicted octanol–water partition coefficient (Wildman–Crippen LogP) is 6.52. The summed E-state index contributed by atoms with van der Waals surface area (Å²) in [6.07, 6.45) is 10.6. The number of benzene rings is 2. The lowest BCUT2D eigenvalue weighted by atomic mass is 9.87. The standard InChI is InChI=1S/C39H53N3O5/c1-26-14-27(2)16-30(15-26)18-34-20-31(25-42-39(34)40)19-33-21-37(46)38(47-5)22-32(33)11-12-36(45)23-35(44)10-6-8-29(9-7-13-43)17-28(3)24-41-4/h11-12,14-16,20-22,25,28-29,41,43,46H,6-10,13,17-19,23-24H2,1-5H3,(H2,40,42)/b12-11+/t28-,29+/m1/s1. The fourth-order valence-corrected chi connectivity index (χ4v) is 6.39. The molecule has 0 spiro atoms. The summed E-state index contributed by atoms with van der Waals surface area (Å²) in [5, 5.41) is 23.1. The molecule has 2 atom stereocenters. The summed E-state index contributed by atoms with van der Waals surface area (Å²) < 4.78 is 5.34. The van der Waals surface area contributed by atoms with Gasteiger partial charge in [-0.25, -0.2) is 4.98 Å². The third kappa shape index (κ3) is 12.6. The molecule has 254 valence electrons. The van der Waals surface area contributed by atoms with Crippen LogP contribution in [0.25, 0.3) is 6.08 Å². The molecule has 0 saturated carbocycles. The molecular weight excluding hydrogens is 590 g/mol. The van der Waals surface area contributed by atoms with Gasteiger partial charge in [-0.05, 0) is 123 Å². The van der Waals surface area contributed by atoms with Crippen LogP contribution in [-0.2, 0) is 22.4 Å². The first-order valence-electron chi connectivity index (χ1n) is 16.7. The minimum atomic E-state index is -0.266. The average Bonchev–Trinajstić information content (AvgIpc) is 3.00. The zero-order chi connectivity index (χ0) is 34.3. The zero-order valence-corrected chi connectivity index (χ0v) is 28.8. The number of anilines is 1. The van der Waals surface area contributed by atoms with E-state index < -0.39 is 0 Å². The number of methoxy groups -OCH3 is 1. The monoisotopic (exact) mass is 643 g/mol. The average molecular weight is 644 g/mol. The Labute approximate surface area is 280 Å². The van der Waals surface area contributed by atoms with E-state index in [1.165, 1.54) is 24.3 Å². The molecule has 0 aliphatic carbocycles. The van der Waals surface area contributed by atoms with Crippen molar-refractivity contribution >= 4 is 23.5 Å². The van der Waals surface area contributed by atoms with Crippen molar-refractivity contribution < 1.29 is 24.5 Å². The zero-order valence-electron chi connectivity index (χ0n) is 28.8. The van der Waals surface area contributed by atoms with Crippen LogP contribution in [0.5, 0.6) is 11.5 Å². The van der Waals surface area contributed by atoms with Crippen LogP contribution >= 0.6 is 0 Å². The first-order chi connectivity index (χ1) is 22.5. The van der Waals surface area contributed by atoms with E-state index >= 15 is 0 Å². The minimum absolute atomic E-state index is 0.00217. The number of hydrogen-bond acceptors (Lipinski definition) is 8. The molecule has 1 aromatic heterocycles. The van der Waals surface area contributed by atoms with Gasteiger partial charge in [0.1, 0.15) is 11.6 Å². The number of carbonyl (C=O) groups excluding carboxylic acids is 2. The van der Waals surface area contributed by atoms with Crippen LogP contribution in [0.2, 0.25) is 0 Å². The van der Waals surface area contributed by atoms with E-state index in [0.717, 1.165) is 60.9 Å². The van der Waals surface area contributed by atoms with Gasteiger partial charge in [-0.1, -0.05) is 48.7 Å². The van der Waals surface area contributed by atoms with Crippen molar-refractivity contribution in [2.75, 3.05) is 33.0 Å². The molecular formula is C39H53N3O5. The Morgan fingerprint density at radius 3 is 2.38 bits per heavy atom. The molecule has 2 aromatic carbocycles. The van der Waals surface area contributed by atoms with Crippen molar-refractivity contribution in [3.8, 4) is 11.5 Å². The Hall–Kier alpha value is -4.01. The normalized spacial score (nSPS) is 12.7. The largest absolute Gasteiger partial charge is 0.504 e. The number of ketones is 2. The van der Waals surface area contributed by atoms with E-state index in [4.69, 9.17) is 10.5 Å². The summed E-state index contributed by atoms with van der Waals surface area (Å²) >= 11 is 0. The van der Waals surface area contributed by atoms with Gasteiger partial charge in [0.05, 0.1) is 13.5 Å². The second kappa shape index (κ2) is 19.0. The van der Waals surface area contributed by atoms with Crippen molar-refractivity contribution in [2.45, 2.75) is 78.6 Å². The summed E-state index contributed by atoms with van der Waals surface area (Å²) in [5.41, 5.74) is 13.1. The molecule has 0 radical (unpaired) electrons. The van der Waals surface area contributed by atoms with Crippen LogP contribution in [0.4, 0.5) is 5.82 Å². The van der Waals surface area contributed by atoms with Gasteiger partial charge >= 0.3 is 0 Å². The molecule has 0 bridgehead atoms. The van der Waals surface area contributed by atoms with E-state index in [9.17, 15) is 19.8 Å². The minimum Gasteiger partial charge on any atom is -0.504 e. The van der Waals surface area contributed by atoms with Crippen LogP contribution in [0.3, 0.4) is 0 Å². The Morgan fingerprint density at radius 1 is 1.00 bits per heavy atom. The van der Waals surface area contributed by atoms with Crippen LogP contribution in [-0.4, -0.2) is 54.1 Å². The quantitative estimate of drug-likeness (QED) is 0.0807. The molecule has 8 nitrogen and oxygen atoms in total. The van der Waals surface area contributed by atoms with Gasteiger partial charge in [-0.15, -0.1) is 0 Å². The van der Waals surface area contributed by atoms with E-state index in [2.05, 4.69) is 49.3 Å². The summed E-state index contributed by atoms with van der Waals surface area (Å²) in [7, 11) is 3.43. The molecule has 3 rings (SSSR count). The predicted molar refractivity (Wildman–Crippen MR) is 190 cm³/mol. The number of aryl methyl sites for hydroxylation is 2. The van der Waals surface area contributed by atoms with Gasteiger partial charge in [0.2, 0.25) is 0 Å². The third-order valence-electron chi connectivity index (χ3n) is 8.52. The number of phenolic OH excluding ortho intramolecular Hbond substituents is 1. The molecule has 0 unspecified atom stereocenters. The molecule has 3 aromatic rings. The summed E-state index contributed by atoms with van der Waals surface area (Å²) in [6, 6.07) is 11.8. The number of Topliss-reactive ketones (excluding diaryl/α,β-unsaturated/α-hetero) is 1. The molecule has 0 fully saturated rings. The lowest BCUT2D eigenvalue weighted by Gasteiger charge is -2.20. The number of nitrogens with two attached hydrogens (primary N) is 1. The van der Waals surface area contributed by atoms with Gasteiger partial charge in [0, 0.05) is 25.6 Å². The topological polar surface area (TPSA) is 135 Å². The molecule has 1 heterocycles. The van der Waals surface area contributed by atoms with Gasteiger partial charge in [0.15, 0.2) is 17.3 Å². The van der Waals surface area contributed by atoms with Crippen LogP contribution in [0.15, 0.2) is 48.7 Å². The van der Waals surface area contributed by atoms with Gasteiger partial charge < -0.3 is 26.0 Å². The number of pyridine rings is 1. The molecule has 8 heteroatoms. The van der Waals surface area contributed by atoms with Gasteiger partial charge in [0.25, 0.3) is 0 Å². The maximum Gasteiger partial charge on any atom is 0.163 e. The number of allylic oxidation sites excluding steroid dienone is 1. The van der Waals surface area contributed by atoms with Crippen LogP contribution in [0.1, 0.15) is 90.8 Å². The number of phenols is 1. The summed E-state index contributed by atoms with van der Waals surface area (Å²) in [4.78, 5) is 30.0. The fourth-order valence-electron chi connectivity index (χ4n) is 6.39. The van der Waals surface area contributed by atoms with Crippen molar-refractivity contribution in [2.24, 2.45) is 11.8 Å². The lowest BCUT2D eigenvalue weighted by Crippen LogP contribution is -2.19. The second-order valence-corrected chi connectivity index (χ2v) is 13.0. The highest BCUT2D eigenvalue weighted by Gasteiger charge is 2.16. The first-order valence-corrected chi connectivity index (χ1v) is 16.7. The van der Waals surface area contributed by atoms with Crippen molar-refractivity contribution in [1.82, 2.24) is 10.3 Å². The maximum absolute atomic E-state index is 12.8. The van der Waals surface area contributed by atoms with E-state index in [0.29, 0.717) is 48.2 Å². The number of ether oxygens (including phenoxy) is 1. The number of hydrogen-bond donors (Lipinski definition) is 4. The number of aliphatic hydroxyl groups excluding tert-OH is 1. The first kappa shape index (κ1) is 37.4. The number of nitrogen functional groups attached to an aromatic ring is 1. The second-order valence-electron chi connectivity index (χ2n) is 13.0. The van der Waals surface area contributed by atoms with Gasteiger partial charge in [-0.3, -0.25) is 9.59 Å². The van der Waals surface area contributed by atoms with E-state index in [-0.39, 0.29) is 30.3 Å². The van der Waals surface area contributed by atoms with Crippen molar-refractivity contribution in [3.05, 3.63) is 87.6 Å². The Morgan fingerprint density at radius 2 is 1.70 bits per heavy atom. The molecule has 0 saturated heterocycles. The molecule has 47 heavy (non-hydrogen) atoms. The third-order valence-corrected chi connectivity index (χ3v) is 8.52. The summed E-state index contributed by atoms with van der Waals surface area (Å²) in [6.45, 7) is 7.48. The number of rotatable bonds is 20. The Balaban J connectivity index is 1.67. The maximum atomic E-state index is 12.8. The van der Waals surface area contributed by atoms with Crippen molar-refractivity contribution in [3.63, 3.8) is 0 Å². The fraction of sp³-hybridized carbons (Fsp3) is 0.462. The van der Waals surface area contributed by atoms with E-state index in [1.54, 1.807) is 24.4 Å². The number of aromatic nitrogens is 1. The number of aromatic hydroxyl groups is 1. The lowest BCUT2D eigenvalue weighted by molar-refractivity contribution is -0.124. The van der Waals surface area contributed by atoms with E-state index in [1.807, 2.05) is 13.1 Å². The van der Waals surface area contributed by atoms with Gasteiger partial charge in [-0.2, -0.15) is 0 Å². The number of aliphatic hydroxyl groups is 1. The van der Waals surface area contributed by atoms with Crippen LogP contribution < -0.4 is 15.8 Å². The highest BCUT2D eigenvalue weighted by atomic mass is 16.5. The molecule has 0 aliphatic heterocycles. The number of nitrogens with one attached hydrogen (secondary N) is 1. The number of nitrogens with zero attached hydrogens (tertiary/aromatic N) is 1. The summed E-state index contributed by atoms with van der Waals surface area (Å²) in [5.74, 6) is 1.41. The highest BCUT2D eigenvalue weighted by Crippen LogP contribution is 2.32. The molecule has 5 N–H and O–H groups in total. The van der Waals surface area contributed by atoms with Crippen LogP contribution in [0, 0.1) is 25.7 Å². The molecule has 0 amide bonds. The SMILES string of the molecule is CNC[C@H](C)C[C@H](CCCO)CCCC(=O)CC(=O)/C=C/c1cc(OC)c(O)cc1Cc1cnc(N)c(Cc2cc(C)cc(C)c2)c1. The number of carbonyl (C=O) groups is 2. The smallest absolute Gasteiger partial charge is 0.163 e.